The van der Waals surface area contributed by atoms with Crippen LogP contribution in [0, 0.1) is 0 Å². The molecule has 4 rings (SSSR count). The molecule has 3 heterocycles. The van der Waals surface area contributed by atoms with Crippen molar-refractivity contribution in [2.24, 2.45) is 0 Å². The first kappa shape index (κ1) is 20.6. The van der Waals surface area contributed by atoms with Crippen molar-refractivity contribution in [1.82, 2.24) is 30.0 Å². The highest BCUT2D eigenvalue weighted by atomic mass is 35.5. The molecule has 0 atom stereocenters. The lowest BCUT2D eigenvalue weighted by molar-refractivity contribution is 0.420. The van der Waals surface area contributed by atoms with Crippen LogP contribution in [0.25, 0.3) is 22.3 Å². The third-order valence-corrected chi connectivity index (χ3v) is 5.67. The normalized spacial score (nSPS) is 11.6. The van der Waals surface area contributed by atoms with Crippen molar-refractivity contribution in [3.05, 3.63) is 42.0 Å². The third-order valence-electron chi connectivity index (χ3n) is 4.48. The van der Waals surface area contributed by atoms with Gasteiger partial charge in [0.05, 0.1) is 6.20 Å². The van der Waals surface area contributed by atoms with Crippen molar-refractivity contribution in [3.8, 4) is 11.1 Å². The number of anilines is 1. The highest BCUT2D eigenvalue weighted by Gasteiger charge is 2.16. The van der Waals surface area contributed by atoms with Gasteiger partial charge in [-0.05, 0) is 36.7 Å². The SMILES string of the molecule is CC(C)NCCCn1c(Sc2cc(Cl)cc(-c3cnoc3)c2)nc2c(N)ncnc21. The zero-order valence-electron chi connectivity index (χ0n) is 16.7. The van der Waals surface area contributed by atoms with Crippen molar-refractivity contribution in [2.75, 3.05) is 12.3 Å². The maximum atomic E-state index is 6.37. The van der Waals surface area contributed by atoms with Crippen LogP contribution in [0.15, 0.2) is 51.6 Å². The van der Waals surface area contributed by atoms with Gasteiger partial charge in [0.25, 0.3) is 0 Å². The lowest BCUT2D eigenvalue weighted by Gasteiger charge is -2.11. The fraction of sp³-hybridized carbons (Fsp3) is 0.300. The lowest BCUT2D eigenvalue weighted by Crippen LogP contribution is -2.24. The van der Waals surface area contributed by atoms with E-state index in [1.165, 1.54) is 18.1 Å². The van der Waals surface area contributed by atoms with E-state index in [4.69, 9.17) is 26.8 Å². The molecule has 0 spiro atoms. The van der Waals surface area contributed by atoms with Crippen LogP contribution < -0.4 is 11.1 Å². The summed E-state index contributed by atoms with van der Waals surface area (Å²) in [5.74, 6) is 0.372. The highest BCUT2D eigenvalue weighted by Crippen LogP contribution is 2.35. The molecule has 0 fully saturated rings. The van der Waals surface area contributed by atoms with Crippen molar-refractivity contribution < 1.29 is 4.52 Å². The zero-order chi connectivity index (χ0) is 21.1. The summed E-state index contributed by atoms with van der Waals surface area (Å²) >= 11 is 7.88. The molecule has 0 aliphatic rings. The van der Waals surface area contributed by atoms with Crippen LogP contribution >= 0.6 is 23.4 Å². The molecule has 0 amide bonds. The number of hydrogen-bond acceptors (Lipinski definition) is 8. The van der Waals surface area contributed by atoms with Gasteiger partial charge in [0.1, 0.15) is 12.6 Å². The summed E-state index contributed by atoms with van der Waals surface area (Å²) < 4.78 is 7.04. The largest absolute Gasteiger partial charge is 0.382 e. The molecule has 3 N–H and O–H groups in total. The van der Waals surface area contributed by atoms with Crippen LogP contribution in [0.5, 0.6) is 0 Å². The van der Waals surface area contributed by atoms with Gasteiger partial charge in [-0.3, -0.25) is 0 Å². The molecule has 1 aromatic carbocycles. The Kier molecular flexibility index (Phi) is 6.21. The molecule has 0 unspecified atom stereocenters. The van der Waals surface area contributed by atoms with Crippen LogP contribution in [-0.4, -0.2) is 37.3 Å². The number of nitrogens with one attached hydrogen (secondary N) is 1. The first-order valence-electron chi connectivity index (χ1n) is 9.59. The van der Waals surface area contributed by atoms with Crippen molar-refractivity contribution >= 4 is 40.3 Å². The lowest BCUT2D eigenvalue weighted by atomic mass is 10.1. The van der Waals surface area contributed by atoms with E-state index < -0.39 is 0 Å². The van der Waals surface area contributed by atoms with Crippen molar-refractivity contribution in [1.29, 1.82) is 0 Å². The number of aryl methyl sites for hydroxylation is 1. The maximum absolute atomic E-state index is 6.37. The van der Waals surface area contributed by atoms with Crippen LogP contribution in [0.3, 0.4) is 0 Å². The van der Waals surface area contributed by atoms with Gasteiger partial charge < -0.3 is 20.1 Å². The Morgan fingerprint density at radius 1 is 1.23 bits per heavy atom. The molecule has 156 valence electrons. The monoisotopic (exact) mass is 443 g/mol. The average Bonchev–Trinajstić information content (AvgIpc) is 3.34. The second-order valence-electron chi connectivity index (χ2n) is 7.13. The first-order chi connectivity index (χ1) is 14.5. The predicted octanol–water partition coefficient (Wildman–Crippen LogP) is 4.26. The molecular weight excluding hydrogens is 422 g/mol. The molecule has 0 radical (unpaired) electrons. The van der Waals surface area contributed by atoms with E-state index in [0.717, 1.165) is 46.3 Å². The van der Waals surface area contributed by atoms with Gasteiger partial charge in [0.15, 0.2) is 22.1 Å². The zero-order valence-corrected chi connectivity index (χ0v) is 18.2. The summed E-state index contributed by atoms with van der Waals surface area (Å²) in [7, 11) is 0. The molecule has 0 bridgehead atoms. The molecule has 10 heteroatoms. The Balaban J connectivity index is 1.66. The summed E-state index contributed by atoms with van der Waals surface area (Å²) in [6.45, 7) is 5.92. The number of benzene rings is 1. The van der Waals surface area contributed by atoms with E-state index in [1.54, 1.807) is 12.5 Å². The number of hydrogen-bond donors (Lipinski definition) is 2. The average molecular weight is 444 g/mol. The van der Waals surface area contributed by atoms with E-state index in [2.05, 4.69) is 38.9 Å². The van der Waals surface area contributed by atoms with Crippen LogP contribution in [0.4, 0.5) is 5.82 Å². The molecule has 0 aliphatic heterocycles. The quantitative estimate of drug-likeness (QED) is 0.389. The predicted molar refractivity (Wildman–Crippen MR) is 119 cm³/mol. The molecule has 4 aromatic rings. The van der Waals surface area contributed by atoms with Crippen LogP contribution in [0.2, 0.25) is 5.02 Å². The first-order valence-corrected chi connectivity index (χ1v) is 10.8. The van der Waals surface area contributed by atoms with Gasteiger partial charge in [0, 0.05) is 28.1 Å². The summed E-state index contributed by atoms with van der Waals surface area (Å²) in [6, 6.07) is 6.26. The van der Waals surface area contributed by atoms with Gasteiger partial charge in [-0.1, -0.05) is 42.4 Å². The standard InChI is InChI=1S/C20H22ClN7OS/c1-12(2)23-4-3-5-28-19-17(18(22)24-11-25-19)27-20(28)30-16-7-13(6-15(21)8-16)14-9-26-29-10-14/h6-12,23H,3-5H2,1-2H3,(H2,22,24,25). The van der Waals surface area contributed by atoms with Crippen molar-refractivity contribution in [3.63, 3.8) is 0 Å². The number of nitrogen functional groups attached to an aromatic ring is 1. The smallest absolute Gasteiger partial charge is 0.175 e. The number of imidazole rings is 1. The van der Waals surface area contributed by atoms with E-state index in [9.17, 15) is 0 Å². The fourth-order valence-electron chi connectivity index (χ4n) is 3.08. The number of halogens is 1. The van der Waals surface area contributed by atoms with Gasteiger partial charge >= 0.3 is 0 Å². The Bertz CT molecular complexity index is 1140. The maximum Gasteiger partial charge on any atom is 0.175 e. The Labute approximate surface area is 183 Å². The van der Waals surface area contributed by atoms with E-state index >= 15 is 0 Å². The highest BCUT2D eigenvalue weighted by molar-refractivity contribution is 7.99. The Hall–Kier alpha value is -2.62. The number of fused-ring (bicyclic) bond motifs is 1. The summed E-state index contributed by atoms with van der Waals surface area (Å²) in [5, 5.41) is 8.63. The minimum Gasteiger partial charge on any atom is -0.382 e. The molecular formula is C20H22ClN7OS. The minimum absolute atomic E-state index is 0.372. The second kappa shape index (κ2) is 9.03. The van der Waals surface area contributed by atoms with E-state index in [1.807, 2.05) is 18.2 Å². The minimum atomic E-state index is 0.372. The fourth-order valence-corrected chi connectivity index (χ4v) is 4.39. The number of nitrogens with two attached hydrogens (primary N) is 1. The number of rotatable bonds is 8. The summed E-state index contributed by atoms with van der Waals surface area (Å²) in [6.07, 6.45) is 5.66. The Morgan fingerprint density at radius 2 is 2.10 bits per heavy atom. The Morgan fingerprint density at radius 3 is 2.87 bits per heavy atom. The molecule has 0 saturated heterocycles. The summed E-state index contributed by atoms with van der Waals surface area (Å²) in [5.41, 5.74) is 9.18. The topological polar surface area (TPSA) is 108 Å². The van der Waals surface area contributed by atoms with Gasteiger partial charge in [-0.2, -0.15) is 0 Å². The van der Waals surface area contributed by atoms with Gasteiger partial charge in [-0.25, -0.2) is 15.0 Å². The third kappa shape index (κ3) is 4.58. The molecule has 0 saturated carbocycles. The van der Waals surface area contributed by atoms with Crippen molar-refractivity contribution in [2.45, 2.75) is 42.9 Å². The van der Waals surface area contributed by atoms with E-state index in [-0.39, 0.29) is 0 Å². The van der Waals surface area contributed by atoms with E-state index in [0.29, 0.717) is 22.4 Å². The summed E-state index contributed by atoms with van der Waals surface area (Å²) in [4.78, 5) is 14.2. The molecule has 30 heavy (non-hydrogen) atoms. The van der Waals surface area contributed by atoms with Crippen LogP contribution in [-0.2, 0) is 6.54 Å². The van der Waals surface area contributed by atoms with Gasteiger partial charge in [-0.15, -0.1) is 0 Å². The molecule has 8 nitrogen and oxygen atoms in total. The molecule has 3 aromatic heterocycles. The second-order valence-corrected chi connectivity index (χ2v) is 8.61. The van der Waals surface area contributed by atoms with Crippen LogP contribution in [0.1, 0.15) is 20.3 Å². The number of nitrogens with zero attached hydrogens (tertiary/aromatic N) is 5. The molecule has 0 aliphatic carbocycles. The van der Waals surface area contributed by atoms with Gasteiger partial charge in [0.2, 0.25) is 0 Å². The number of aromatic nitrogens is 5.